The highest BCUT2D eigenvalue weighted by atomic mass is 79.9. The maximum Gasteiger partial charge on any atom is 0.239 e. The molecule has 1 amide bonds. The molecular weight excluding hydrogens is 350 g/mol. The summed E-state index contributed by atoms with van der Waals surface area (Å²) in [6, 6.07) is 7.64. The van der Waals surface area contributed by atoms with Crippen molar-refractivity contribution in [2.24, 2.45) is 0 Å². The fraction of sp³-hybridized carbons (Fsp3) is 0.273. The van der Waals surface area contributed by atoms with Crippen molar-refractivity contribution >= 4 is 43.5 Å². The number of anilines is 1. The predicted octanol–water partition coefficient (Wildman–Crippen LogP) is 2.65. The first-order chi connectivity index (χ1) is 8.13. The summed E-state index contributed by atoms with van der Waals surface area (Å²) in [5, 5.41) is 14.0. The highest BCUT2D eigenvalue weighted by Crippen LogP contribution is 2.25. The van der Waals surface area contributed by atoms with Gasteiger partial charge >= 0.3 is 0 Å². The molecule has 0 fully saturated rings. The van der Waals surface area contributed by atoms with Crippen molar-refractivity contribution in [1.29, 1.82) is 5.26 Å². The van der Waals surface area contributed by atoms with Gasteiger partial charge in [0.05, 0.1) is 19.0 Å². The molecule has 0 unspecified atom stereocenters. The first-order valence-corrected chi connectivity index (χ1v) is 6.54. The van der Waals surface area contributed by atoms with Crippen LogP contribution in [0.5, 0.6) is 0 Å². The minimum atomic E-state index is -0.132. The number of halogens is 2. The molecule has 1 rings (SSSR count). The van der Waals surface area contributed by atoms with Gasteiger partial charge in [0, 0.05) is 21.2 Å². The fourth-order valence-corrected chi connectivity index (χ4v) is 1.88. The van der Waals surface area contributed by atoms with Gasteiger partial charge in [0.15, 0.2) is 0 Å². The smallest absolute Gasteiger partial charge is 0.239 e. The van der Waals surface area contributed by atoms with Crippen molar-refractivity contribution in [2.75, 3.05) is 18.4 Å². The highest BCUT2D eigenvalue weighted by molar-refractivity contribution is 9.11. The van der Waals surface area contributed by atoms with Gasteiger partial charge in [-0.2, -0.15) is 5.26 Å². The van der Waals surface area contributed by atoms with Crippen LogP contribution in [0.4, 0.5) is 5.69 Å². The van der Waals surface area contributed by atoms with Crippen molar-refractivity contribution < 1.29 is 4.79 Å². The Morgan fingerprint density at radius 2 is 2.18 bits per heavy atom. The van der Waals surface area contributed by atoms with Crippen LogP contribution in [-0.2, 0) is 4.79 Å². The van der Waals surface area contributed by atoms with E-state index in [1.54, 1.807) is 0 Å². The third kappa shape index (κ3) is 5.20. The molecule has 1 aromatic rings. The van der Waals surface area contributed by atoms with Crippen molar-refractivity contribution in [2.45, 2.75) is 6.42 Å². The minimum absolute atomic E-state index is 0.132. The summed E-state index contributed by atoms with van der Waals surface area (Å²) >= 11 is 6.74. The average molecular weight is 361 g/mol. The van der Waals surface area contributed by atoms with Gasteiger partial charge in [-0.1, -0.05) is 15.9 Å². The Labute approximate surface area is 117 Å². The van der Waals surface area contributed by atoms with Crippen LogP contribution in [0.15, 0.2) is 27.1 Å². The van der Waals surface area contributed by atoms with Crippen LogP contribution in [0, 0.1) is 11.3 Å². The van der Waals surface area contributed by atoms with E-state index in [0.29, 0.717) is 13.0 Å². The standard InChI is InChI=1S/C11H11Br2N3O/c12-8-2-3-9(13)10(6-8)16-7-11(17)15-5-1-4-14/h2-3,6,16H,1,5,7H2,(H,15,17). The molecule has 0 aromatic heterocycles. The molecule has 0 spiro atoms. The van der Waals surface area contributed by atoms with E-state index in [0.717, 1.165) is 14.6 Å². The molecule has 0 radical (unpaired) electrons. The highest BCUT2D eigenvalue weighted by Gasteiger charge is 2.03. The molecule has 0 saturated carbocycles. The molecule has 90 valence electrons. The predicted molar refractivity (Wildman–Crippen MR) is 73.6 cm³/mol. The summed E-state index contributed by atoms with van der Waals surface area (Å²) in [4.78, 5) is 11.4. The number of carbonyl (C=O) groups excluding carboxylic acids is 1. The van der Waals surface area contributed by atoms with Crippen LogP contribution in [0.1, 0.15) is 6.42 Å². The van der Waals surface area contributed by atoms with E-state index in [2.05, 4.69) is 42.5 Å². The van der Waals surface area contributed by atoms with Crippen LogP contribution in [0.2, 0.25) is 0 Å². The lowest BCUT2D eigenvalue weighted by atomic mass is 10.3. The summed E-state index contributed by atoms with van der Waals surface area (Å²) in [5.74, 6) is -0.132. The largest absolute Gasteiger partial charge is 0.375 e. The Bertz CT molecular complexity index is 443. The second-order valence-electron chi connectivity index (χ2n) is 3.24. The molecule has 0 aliphatic heterocycles. The third-order valence-corrected chi connectivity index (χ3v) is 3.11. The van der Waals surface area contributed by atoms with Gasteiger partial charge < -0.3 is 10.6 Å². The fourth-order valence-electron chi connectivity index (χ4n) is 1.13. The van der Waals surface area contributed by atoms with Crippen molar-refractivity contribution in [3.8, 4) is 6.07 Å². The number of nitrogens with zero attached hydrogens (tertiary/aromatic N) is 1. The lowest BCUT2D eigenvalue weighted by Crippen LogP contribution is -2.30. The SMILES string of the molecule is N#CCCNC(=O)CNc1cc(Br)ccc1Br. The molecule has 4 nitrogen and oxygen atoms in total. The molecule has 0 heterocycles. The van der Waals surface area contributed by atoms with Crippen molar-refractivity contribution in [3.63, 3.8) is 0 Å². The molecule has 6 heteroatoms. The van der Waals surface area contributed by atoms with E-state index in [9.17, 15) is 4.79 Å². The summed E-state index contributed by atoms with van der Waals surface area (Å²) in [6.45, 7) is 0.567. The molecular formula is C11H11Br2N3O. The van der Waals surface area contributed by atoms with Crippen LogP contribution in [-0.4, -0.2) is 19.0 Å². The normalized spacial score (nSPS) is 9.47. The van der Waals surface area contributed by atoms with Gasteiger partial charge in [0.2, 0.25) is 5.91 Å². The van der Waals surface area contributed by atoms with Gasteiger partial charge in [0.25, 0.3) is 0 Å². The summed E-state index contributed by atoms with van der Waals surface area (Å²) in [5.41, 5.74) is 0.842. The first-order valence-electron chi connectivity index (χ1n) is 4.96. The summed E-state index contributed by atoms with van der Waals surface area (Å²) < 4.78 is 1.83. The van der Waals surface area contributed by atoms with Crippen LogP contribution >= 0.6 is 31.9 Å². The number of amides is 1. The summed E-state index contributed by atoms with van der Waals surface area (Å²) in [7, 11) is 0. The Balaban J connectivity index is 2.42. The van der Waals surface area contributed by atoms with Crippen LogP contribution < -0.4 is 10.6 Å². The molecule has 17 heavy (non-hydrogen) atoms. The van der Waals surface area contributed by atoms with E-state index < -0.39 is 0 Å². The monoisotopic (exact) mass is 359 g/mol. The van der Waals surface area contributed by atoms with Crippen LogP contribution in [0.25, 0.3) is 0 Å². The van der Waals surface area contributed by atoms with Gasteiger partial charge in [-0.15, -0.1) is 0 Å². The van der Waals surface area contributed by atoms with E-state index in [1.807, 2.05) is 24.3 Å². The van der Waals surface area contributed by atoms with Gasteiger partial charge in [-0.25, -0.2) is 0 Å². The number of hydrogen-bond donors (Lipinski definition) is 2. The second kappa shape index (κ2) is 7.30. The molecule has 0 aliphatic carbocycles. The quantitative estimate of drug-likeness (QED) is 0.793. The number of benzene rings is 1. The lowest BCUT2D eigenvalue weighted by molar-refractivity contribution is -0.119. The maximum atomic E-state index is 11.4. The number of nitriles is 1. The van der Waals surface area contributed by atoms with Gasteiger partial charge in [0.1, 0.15) is 0 Å². The van der Waals surface area contributed by atoms with Gasteiger partial charge in [-0.05, 0) is 34.1 Å². The van der Waals surface area contributed by atoms with Crippen molar-refractivity contribution in [3.05, 3.63) is 27.1 Å². The number of carbonyl (C=O) groups is 1. The first kappa shape index (κ1) is 14.0. The Hall–Kier alpha value is -1.06. The second-order valence-corrected chi connectivity index (χ2v) is 5.01. The zero-order chi connectivity index (χ0) is 12.7. The average Bonchev–Trinajstić information content (AvgIpc) is 2.31. The Morgan fingerprint density at radius 3 is 2.88 bits per heavy atom. The maximum absolute atomic E-state index is 11.4. The van der Waals surface area contributed by atoms with E-state index in [4.69, 9.17) is 5.26 Å². The molecule has 0 aliphatic rings. The molecule has 1 aromatic carbocycles. The van der Waals surface area contributed by atoms with Crippen molar-refractivity contribution in [1.82, 2.24) is 5.32 Å². The van der Waals surface area contributed by atoms with E-state index >= 15 is 0 Å². The molecule has 0 saturated heterocycles. The lowest BCUT2D eigenvalue weighted by Gasteiger charge is -2.09. The van der Waals surface area contributed by atoms with E-state index in [1.165, 1.54) is 0 Å². The Morgan fingerprint density at radius 1 is 1.41 bits per heavy atom. The van der Waals surface area contributed by atoms with E-state index in [-0.39, 0.29) is 12.5 Å². The minimum Gasteiger partial charge on any atom is -0.375 e. The molecule has 0 bridgehead atoms. The molecule has 2 N–H and O–H groups in total. The number of nitrogens with one attached hydrogen (secondary N) is 2. The third-order valence-electron chi connectivity index (χ3n) is 1.93. The topological polar surface area (TPSA) is 64.9 Å². The number of hydrogen-bond acceptors (Lipinski definition) is 3. The molecule has 0 atom stereocenters. The Kier molecular flexibility index (Phi) is 6.01. The van der Waals surface area contributed by atoms with Crippen LogP contribution in [0.3, 0.4) is 0 Å². The number of rotatable bonds is 5. The summed E-state index contributed by atoms with van der Waals surface area (Å²) in [6.07, 6.45) is 0.326. The zero-order valence-electron chi connectivity index (χ0n) is 8.96. The zero-order valence-corrected chi connectivity index (χ0v) is 12.1. The van der Waals surface area contributed by atoms with Gasteiger partial charge in [-0.3, -0.25) is 4.79 Å².